The normalized spacial score (nSPS) is 17.7. The van der Waals surface area contributed by atoms with Crippen LogP contribution in [-0.4, -0.2) is 27.5 Å². The van der Waals surface area contributed by atoms with Crippen LogP contribution in [0.15, 0.2) is 0 Å². The number of nitrogens with zero attached hydrogens (tertiary/aromatic N) is 2. The largest absolute Gasteiger partial charge is 0.368 e. The third kappa shape index (κ3) is 4.26. The van der Waals surface area contributed by atoms with E-state index in [0.717, 1.165) is 36.6 Å². The van der Waals surface area contributed by atoms with Gasteiger partial charge < -0.3 is 5.32 Å². The van der Waals surface area contributed by atoms with Gasteiger partial charge in [-0.05, 0) is 32.4 Å². The zero-order valence-electron chi connectivity index (χ0n) is 13.3. The summed E-state index contributed by atoms with van der Waals surface area (Å²) in [5.41, 5.74) is 0.962. The monoisotopic (exact) mass is 327 g/mol. The molecule has 118 valence electrons. The molecule has 1 heterocycles. The molecular weight excluding hydrogens is 302 g/mol. The maximum Gasteiger partial charge on any atom is 0.137 e. The second-order valence-corrected chi connectivity index (χ2v) is 7.59. The Balaban J connectivity index is 2.11. The number of anilines is 1. The fraction of sp³-hybridized carbons (Fsp3) is 0.750. The number of aromatic nitrogens is 2. The van der Waals surface area contributed by atoms with Crippen LogP contribution < -0.4 is 5.32 Å². The summed E-state index contributed by atoms with van der Waals surface area (Å²) >= 11 is 8.25. The first kappa shape index (κ1) is 16.9. The molecule has 1 saturated carbocycles. The zero-order valence-corrected chi connectivity index (χ0v) is 14.9. The topological polar surface area (TPSA) is 37.8 Å². The van der Waals surface area contributed by atoms with Crippen LogP contribution in [0, 0.1) is 6.92 Å². The molecule has 0 amide bonds. The summed E-state index contributed by atoms with van der Waals surface area (Å²) in [4.78, 5) is 9.02. The molecule has 1 N–H and O–H groups in total. The first-order chi connectivity index (χ1) is 10.1. The van der Waals surface area contributed by atoms with E-state index in [-0.39, 0.29) is 0 Å². The highest BCUT2D eigenvalue weighted by Gasteiger charge is 2.31. The van der Waals surface area contributed by atoms with Crippen molar-refractivity contribution in [1.29, 1.82) is 0 Å². The van der Waals surface area contributed by atoms with Gasteiger partial charge in [0.05, 0.1) is 0 Å². The van der Waals surface area contributed by atoms with Crippen molar-refractivity contribution in [3.8, 4) is 0 Å². The molecule has 5 heteroatoms. The second kappa shape index (κ2) is 7.68. The molecule has 0 aromatic carbocycles. The molecule has 1 aliphatic carbocycles. The summed E-state index contributed by atoms with van der Waals surface area (Å²) in [7, 11) is 0. The number of hydrogen-bond donors (Lipinski definition) is 1. The average Bonchev–Trinajstić information content (AvgIpc) is 2.50. The van der Waals surface area contributed by atoms with Crippen molar-refractivity contribution in [1.82, 2.24) is 9.97 Å². The van der Waals surface area contributed by atoms with Crippen LogP contribution in [0.1, 0.15) is 56.8 Å². The molecule has 1 aromatic rings. The van der Waals surface area contributed by atoms with Crippen LogP contribution in [0.25, 0.3) is 0 Å². The first-order valence-corrected chi connectivity index (χ1v) is 9.52. The Morgan fingerprint density at radius 1 is 1.24 bits per heavy atom. The van der Waals surface area contributed by atoms with E-state index >= 15 is 0 Å². The van der Waals surface area contributed by atoms with E-state index in [4.69, 9.17) is 11.6 Å². The van der Waals surface area contributed by atoms with Gasteiger partial charge in [-0.2, -0.15) is 11.8 Å². The van der Waals surface area contributed by atoms with Gasteiger partial charge in [-0.3, -0.25) is 0 Å². The number of nitrogens with one attached hydrogen (secondary N) is 1. The van der Waals surface area contributed by atoms with Crippen molar-refractivity contribution in [2.45, 2.75) is 63.5 Å². The summed E-state index contributed by atoms with van der Waals surface area (Å²) in [6.45, 7) is 5.09. The quantitative estimate of drug-likeness (QED) is 0.756. The van der Waals surface area contributed by atoms with Gasteiger partial charge in [0.15, 0.2) is 0 Å². The lowest BCUT2D eigenvalue weighted by Gasteiger charge is -2.36. The molecule has 0 unspecified atom stereocenters. The fourth-order valence-corrected chi connectivity index (χ4v) is 4.03. The first-order valence-electron chi connectivity index (χ1n) is 7.92. The second-order valence-electron chi connectivity index (χ2n) is 5.96. The highest BCUT2D eigenvalue weighted by Crippen LogP contribution is 2.38. The van der Waals surface area contributed by atoms with E-state index in [0.29, 0.717) is 9.90 Å². The van der Waals surface area contributed by atoms with E-state index in [1.54, 1.807) is 0 Å². The maximum atomic E-state index is 6.25. The molecule has 2 rings (SSSR count). The summed E-state index contributed by atoms with van der Waals surface area (Å²) < 4.78 is 0.354. The van der Waals surface area contributed by atoms with Crippen molar-refractivity contribution >= 4 is 29.2 Å². The molecule has 1 aliphatic rings. The third-order valence-electron chi connectivity index (χ3n) is 4.38. The molecule has 0 radical (unpaired) electrons. The minimum Gasteiger partial charge on any atom is -0.368 e. The van der Waals surface area contributed by atoms with Gasteiger partial charge in [0, 0.05) is 23.3 Å². The minimum absolute atomic E-state index is 0.354. The minimum atomic E-state index is 0.354. The van der Waals surface area contributed by atoms with Crippen LogP contribution >= 0.6 is 23.4 Å². The molecule has 0 spiro atoms. The van der Waals surface area contributed by atoms with Gasteiger partial charge in [-0.25, -0.2) is 9.97 Å². The van der Waals surface area contributed by atoms with Gasteiger partial charge in [-0.1, -0.05) is 37.8 Å². The summed E-state index contributed by atoms with van der Waals surface area (Å²) in [5.74, 6) is 1.76. The Morgan fingerprint density at radius 2 is 1.95 bits per heavy atom. The van der Waals surface area contributed by atoms with Crippen LogP contribution in [0.2, 0.25) is 5.15 Å². The number of hydrogen-bond acceptors (Lipinski definition) is 4. The van der Waals surface area contributed by atoms with Crippen LogP contribution in [-0.2, 0) is 6.42 Å². The summed E-state index contributed by atoms with van der Waals surface area (Å²) in [6, 6.07) is 0. The fourth-order valence-electron chi connectivity index (χ4n) is 2.93. The SMILES string of the molecule is CCCc1nc(Cl)c(C)c(NCC2(SC)CCCCC2)n1. The van der Waals surface area contributed by atoms with Crippen LogP contribution in [0.3, 0.4) is 0 Å². The van der Waals surface area contributed by atoms with E-state index in [2.05, 4.69) is 28.5 Å². The van der Waals surface area contributed by atoms with E-state index in [1.807, 2.05) is 18.7 Å². The number of aryl methyl sites for hydroxylation is 1. The smallest absolute Gasteiger partial charge is 0.137 e. The van der Waals surface area contributed by atoms with E-state index in [9.17, 15) is 0 Å². The highest BCUT2D eigenvalue weighted by atomic mass is 35.5. The average molecular weight is 328 g/mol. The van der Waals surface area contributed by atoms with Crippen molar-refractivity contribution in [2.75, 3.05) is 18.1 Å². The van der Waals surface area contributed by atoms with Gasteiger partial charge in [0.2, 0.25) is 0 Å². The molecule has 0 aliphatic heterocycles. The molecular formula is C16H26ClN3S. The lowest BCUT2D eigenvalue weighted by molar-refractivity contribution is 0.411. The molecule has 1 aromatic heterocycles. The molecule has 0 atom stereocenters. The van der Waals surface area contributed by atoms with Gasteiger partial charge in [-0.15, -0.1) is 0 Å². The number of halogens is 1. The van der Waals surface area contributed by atoms with Crippen LogP contribution in [0.5, 0.6) is 0 Å². The Labute approximate surface area is 137 Å². The summed E-state index contributed by atoms with van der Waals surface area (Å²) in [5, 5.41) is 4.14. The molecule has 21 heavy (non-hydrogen) atoms. The van der Waals surface area contributed by atoms with Crippen molar-refractivity contribution in [3.05, 3.63) is 16.5 Å². The Hall–Kier alpha value is -0.480. The van der Waals surface area contributed by atoms with Crippen molar-refractivity contribution in [3.63, 3.8) is 0 Å². The molecule has 0 bridgehead atoms. The van der Waals surface area contributed by atoms with E-state index < -0.39 is 0 Å². The maximum absolute atomic E-state index is 6.25. The van der Waals surface area contributed by atoms with E-state index in [1.165, 1.54) is 32.1 Å². The third-order valence-corrected chi connectivity index (χ3v) is 6.17. The standard InChI is InChI=1S/C16H26ClN3S/c1-4-8-13-19-14(17)12(2)15(20-13)18-11-16(21-3)9-6-5-7-10-16/h4-11H2,1-3H3,(H,18,19,20). The Kier molecular flexibility index (Phi) is 6.18. The number of rotatable bonds is 6. The van der Waals surface area contributed by atoms with Crippen molar-refractivity contribution < 1.29 is 0 Å². The Morgan fingerprint density at radius 3 is 2.57 bits per heavy atom. The summed E-state index contributed by atoms with van der Waals surface area (Å²) in [6.07, 6.45) is 10.8. The number of thioether (sulfide) groups is 1. The highest BCUT2D eigenvalue weighted by molar-refractivity contribution is 8.00. The predicted molar refractivity (Wildman–Crippen MR) is 93.6 cm³/mol. The molecule has 3 nitrogen and oxygen atoms in total. The van der Waals surface area contributed by atoms with Gasteiger partial charge >= 0.3 is 0 Å². The molecule has 1 fully saturated rings. The van der Waals surface area contributed by atoms with Crippen molar-refractivity contribution in [2.24, 2.45) is 0 Å². The Bertz CT molecular complexity index is 473. The molecule has 0 saturated heterocycles. The van der Waals surface area contributed by atoms with Gasteiger partial charge in [0.1, 0.15) is 16.8 Å². The lowest BCUT2D eigenvalue weighted by Crippen LogP contribution is -2.36. The van der Waals surface area contributed by atoms with Crippen LogP contribution in [0.4, 0.5) is 5.82 Å². The lowest BCUT2D eigenvalue weighted by atomic mass is 9.88. The zero-order chi connectivity index (χ0) is 15.3. The predicted octanol–water partition coefficient (Wildman–Crippen LogP) is 4.87. The van der Waals surface area contributed by atoms with Gasteiger partial charge in [0.25, 0.3) is 0 Å².